The zero-order valence-electron chi connectivity index (χ0n) is 17.3. The molecule has 3 rings (SSSR count). The van der Waals surface area contributed by atoms with Gasteiger partial charge >= 0.3 is 0 Å². The third kappa shape index (κ3) is 5.91. The standard InChI is InChI=1S/C22H16N6O6/c29-21(25-23-13-17-6-1-3-10-19(17)27(31)32)15-8-5-9-16(12-15)22(30)26-24-14-18-7-2-4-11-20(18)28(33)34/h1-14H,(H,25,29)(H,26,30)/b23-13+,24-14+. The Morgan fingerprint density at radius 2 is 1.09 bits per heavy atom. The van der Waals surface area contributed by atoms with E-state index in [4.69, 9.17) is 0 Å². The molecule has 3 aromatic carbocycles. The lowest BCUT2D eigenvalue weighted by atomic mass is 10.1. The first-order valence-electron chi connectivity index (χ1n) is 9.60. The zero-order valence-corrected chi connectivity index (χ0v) is 17.3. The summed E-state index contributed by atoms with van der Waals surface area (Å²) in [4.78, 5) is 45.6. The highest BCUT2D eigenvalue weighted by atomic mass is 16.6. The van der Waals surface area contributed by atoms with Crippen LogP contribution in [-0.2, 0) is 0 Å². The van der Waals surface area contributed by atoms with Gasteiger partial charge in [0.15, 0.2) is 0 Å². The van der Waals surface area contributed by atoms with Crippen molar-refractivity contribution in [2.75, 3.05) is 0 Å². The van der Waals surface area contributed by atoms with E-state index >= 15 is 0 Å². The summed E-state index contributed by atoms with van der Waals surface area (Å²) in [6.07, 6.45) is 2.29. The van der Waals surface area contributed by atoms with Gasteiger partial charge in [-0.15, -0.1) is 0 Å². The van der Waals surface area contributed by atoms with Gasteiger partial charge in [-0.1, -0.05) is 30.3 Å². The molecule has 0 fully saturated rings. The Bertz CT molecular complexity index is 1220. The smallest absolute Gasteiger partial charge is 0.267 e. The van der Waals surface area contributed by atoms with E-state index in [1.165, 1.54) is 60.7 Å². The maximum absolute atomic E-state index is 12.3. The molecule has 12 heteroatoms. The second-order valence-electron chi connectivity index (χ2n) is 6.61. The van der Waals surface area contributed by atoms with Crippen LogP contribution in [0.4, 0.5) is 11.4 Å². The van der Waals surface area contributed by atoms with Crippen molar-refractivity contribution in [1.82, 2.24) is 10.9 Å². The fourth-order valence-corrected chi connectivity index (χ4v) is 2.78. The Hall–Kier alpha value is -5.26. The molecule has 0 aliphatic rings. The van der Waals surface area contributed by atoms with E-state index in [1.54, 1.807) is 12.1 Å². The van der Waals surface area contributed by atoms with Crippen LogP contribution in [0.3, 0.4) is 0 Å². The molecule has 34 heavy (non-hydrogen) atoms. The molecule has 2 amide bonds. The van der Waals surface area contributed by atoms with Crippen LogP contribution in [0.25, 0.3) is 0 Å². The lowest BCUT2D eigenvalue weighted by Crippen LogP contribution is -2.21. The van der Waals surface area contributed by atoms with Crippen LogP contribution < -0.4 is 10.9 Å². The van der Waals surface area contributed by atoms with Crippen LogP contribution in [0, 0.1) is 20.2 Å². The van der Waals surface area contributed by atoms with E-state index < -0.39 is 21.7 Å². The number of carbonyl (C=O) groups excluding carboxylic acids is 2. The highest BCUT2D eigenvalue weighted by Crippen LogP contribution is 2.16. The number of nitrogens with zero attached hydrogens (tertiary/aromatic N) is 4. The van der Waals surface area contributed by atoms with Crippen molar-refractivity contribution in [3.8, 4) is 0 Å². The average Bonchev–Trinajstić information content (AvgIpc) is 2.84. The van der Waals surface area contributed by atoms with E-state index in [-0.39, 0.29) is 33.6 Å². The lowest BCUT2D eigenvalue weighted by Gasteiger charge is -2.04. The summed E-state index contributed by atoms with van der Waals surface area (Å²) in [5, 5.41) is 29.5. The molecule has 0 spiro atoms. The zero-order chi connectivity index (χ0) is 24.5. The van der Waals surface area contributed by atoms with Crippen molar-refractivity contribution in [2.45, 2.75) is 0 Å². The summed E-state index contributed by atoms with van der Waals surface area (Å²) in [6.45, 7) is 0. The Morgan fingerprint density at radius 1 is 0.676 bits per heavy atom. The van der Waals surface area contributed by atoms with Crippen LogP contribution >= 0.6 is 0 Å². The van der Waals surface area contributed by atoms with Gasteiger partial charge in [-0.2, -0.15) is 10.2 Å². The molecule has 0 radical (unpaired) electrons. The van der Waals surface area contributed by atoms with E-state index in [0.717, 1.165) is 12.4 Å². The van der Waals surface area contributed by atoms with E-state index in [1.807, 2.05) is 0 Å². The van der Waals surface area contributed by atoms with E-state index in [9.17, 15) is 29.8 Å². The van der Waals surface area contributed by atoms with Crippen molar-refractivity contribution in [3.05, 3.63) is 115 Å². The molecule has 170 valence electrons. The number of nitro benzene ring substituents is 2. The normalized spacial score (nSPS) is 10.8. The Kier molecular flexibility index (Phi) is 7.47. The monoisotopic (exact) mass is 460 g/mol. The number of carbonyl (C=O) groups is 2. The highest BCUT2D eigenvalue weighted by molar-refractivity contribution is 6.00. The molecular formula is C22H16N6O6. The van der Waals surface area contributed by atoms with E-state index in [0.29, 0.717) is 0 Å². The topological polar surface area (TPSA) is 169 Å². The molecule has 0 bridgehead atoms. The van der Waals surface area contributed by atoms with Crippen molar-refractivity contribution in [1.29, 1.82) is 0 Å². The molecule has 0 aliphatic heterocycles. The quantitative estimate of drug-likeness (QED) is 0.297. The largest absolute Gasteiger partial charge is 0.278 e. The fraction of sp³-hybridized carbons (Fsp3) is 0. The van der Waals surface area contributed by atoms with Crippen LogP contribution in [0.2, 0.25) is 0 Å². The van der Waals surface area contributed by atoms with Gasteiger partial charge in [0.2, 0.25) is 0 Å². The number of nitrogens with one attached hydrogen (secondary N) is 2. The molecule has 0 aromatic heterocycles. The predicted molar refractivity (Wildman–Crippen MR) is 123 cm³/mol. The molecule has 2 N–H and O–H groups in total. The summed E-state index contributed by atoms with van der Waals surface area (Å²) < 4.78 is 0. The molecule has 0 heterocycles. The van der Waals surface area contributed by atoms with Gasteiger partial charge < -0.3 is 0 Å². The summed E-state index contributed by atoms with van der Waals surface area (Å²) in [6, 6.07) is 17.4. The number of rotatable bonds is 8. The Morgan fingerprint density at radius 3 is 1.50 bits per heavy atom. The van der Waals surface area contributed by atoms with Crippen LogP contribution in [-0.4, -0.2) is 34.1 Å². The summed E-state index contributed by atoms with van der Waals surface area (Å²) in [5.41, 5.74) is 4.78. The number of nitro groups is 2. The Balaban J connectivity index is 1.65. The first-order chi connectivity index (χ1) is 16.4. The molecule has 0 saturated carbocycles. The van der Waals surface area contributed by atoms with Crippen molar-refractivity contribution in [3.63, 3.8) is 0 Å². The minimum absolute atomic E-state index is 0.107. The molecule has 12 nitrogen and oxygen atoms in total. The fourth-order valence-electron chi connectivity index (χ4n) is 2.78. The van der Waals surface area contributed by atoms with Crippen molar-refractivity contribution < 1.29 is 19.4 Å². The maximum atomic E-state index is 12.3. The minimum Gasteiger partial charge on any atom is -0.267 e. The molecule has 0 unspecified atom stereocenters. The number of hydrogen-bond donors (Lipinski definition) is 2. The Labute approximate surface area is 191 Å². The van der Waals surface area contributed by atoms with Gasteiger partial charge in [-0.05, 0) is 30.3 Å². The SMILES string of the molecule is O=C(N/N=C/c1ccccc1[N+](=O)[O-])c1cccc(C(=O)N/N=C/c2ccccc2[N+](=O)[O-])c1. The van der Waals surface area contributed by atoms with Crippen molar-refractivity contribution in [2.24, 2.45) is 10.2 Å². The van der Waals surface area contributed by atoms with Gasteiger partial charge in [-0.25, -0.2) is 10.9 Å². The molecule has 3 aromatic rings. The molecule has 0 aliphatic carbocycles. The molecular weight excluding hydrogens is 444 g/mol. The average molecular weight is 460 g/mol. The maximum Gasteiger partial charge on any atom is 0.278 e. The lowest BCUT2D eigenvalue weighted by molar-refractivity contribution is -0.385. The first kappa shape index (κ1) is 23.4. The van der Waals surface area contributed by atoms with Gasteiger partial charge in [-0.3, -0.25) is 29.8 Å². The van der Waals surface area contributed by atoms with Gasteiger partial charge in [0, 0.05) is 23.3 Å². The number of benzene rings is 3. The number of hydrogen-bond acceptors (Lipinski definition) is 8. The molecule has 0 atom stereocenters. The van der Waals surface area contributed by atoms with Crippen LogP contribution in [0.5, 0.6) is 0 Å². The summed E-state index contributed by atoms with van der Waals surface area (Å²) in [7, 11) is 0. The highest BCUT2D eigenvalue weighted by Gasteiger charge is 2.13. The first-order valence-corrected chi connectivity index (χ1v) is 9.60. The van der Waals surface area contributed by atoms with Crippen LogP contribution in [0.15, 0.2) is 83.0 Å². The summed E-state index contributed by atoms with van der Waals surface area (Å²) in [5.74, 6) is -1.29. The minimum atomic E-state index is -0.645. The number of para-hydroxylation sites is 2. The number of amides is 2. The second-order valence-corrected chi connectivity index (χ2v) is 6.61. The van der Waals surface area contributed by atoms with Gasteiger partial charge in [0.05, 0.1) is 33.4 Å². The third-order valence-corrected chi connectivity index (χ3v) is 4.39. The van der Waals surface area contributed by atoms with Gasteiger partial charge in [0.25, 0.3) is 23.2 Å². The van der Waals surface area contributed by atoms with Gasteiger partial charge in [0.1, 0.15) is 0 Å². The number of hydrazone groups is 2. The van der Waals surface area contributed by atoms with Crippen LogP contribution in [0.1, 0.15) is 31.8 Å². The van der Waals surface area contributed by atoms with Crippen molar-refractivity contribution >= 4 is 35.6 Å². The predicted octanol–water partition coefficient (Wildman–Crippen LogP) is 3.03. The summed E-state index contributed by atoms with van der Waals surface area (Å²) >= 11 is 0. The molecule has 0 saturated heterocycles. The second kappa shape index (κ2) is 10.9. The van der Waals surface area contributed by atoms with E-state index in [2.05, 4.69) is 21.1 Å². The third-order valence-electron chi connectivity index (χ3n) is 4.39.